The number of carbonyl (C=O) groups is 1. The summed E-state index contributed by atoms with van der Waals surface area (Å²) >= 11 is 0. The second-order valence-electron chi connectivity index (χ2n) is 5.11. The number of rotatable bonds is 3. The number of anilines is 1. The molecule has 108 valence electrons. The molecule has 1 aliphatic heterocycles. The van der Waals surface area contributed by atoms with E-state index in [4.69, 9.17) is 10.5 Å². The van der Waals surface area contributed by atoms with Crippen LogP contribution in [0.4, 0.5) is 5.69 Å². The van der Waals surface area contributed by atoms with Crippen molar-refractivity contribution in [3.8, 4) is 0 Å². The Kier molecular flexibility index (Phi) is 3.88. The lowest BCUT2D eigenvalue weighted by Gasteiger charge is -2.26. The normalized spacial score (nSPS) is 17.0. The molecular weight excluding hydrogens is 264 g/mol. The van der Waals surface area contributed by atoms with E-state index in [9.17, 15) is 4.79 Å². The fourth-order valence-electron chi connectivity index (χ4n) is 2.63. The van der Waals surface area contributed by atoms with Gasteiger partial charge >= 0.3 is 0 Å². The third kappa shape index (κ3) is 2.90. The highest BCUT2D eigenvalue weighted by Gasteiger charge is 2.21. The van der Waals surface area contributed by atoms with Crippen molar-refractivity contribution in [1.29, 1.82) is 0 Å². The van der Waals surface area contributed by atoms with Gasteiger partial charge in [0.15, 0.2) is 0 Å². The quantitative estimate of drug-likeness (QED) is 0.849. The summed E-state index contributed by atoms with van der Waals surface area (Å²) in [7, 11) is 0. The molecule has 3 N–H and O–H groups in total. The van der Waals surface area contributed by atoms with Crippen molar-refractivity contribution < 1.29 is 9.53 Å². The Labute approximate surface area is 123 Å². The average Bonchev–Trinajstić information content (AvgIpc) is 2.53. The lowest BCUT2D eigenvalue weighted by atomic mass is 9.97. The topological polar surface area (TPSA) is 64.4 Å². The maximum Gasteiger partial charge on any atom is 0.253 e. The first kappa shape index (κ1) is 13.6. The van der Waals surface area contributed by atoms with Gasteiger partial charge in [-0.3, -0.25) is 4.79 Å². The molecule has 3 rings (SSSR count). The van der Waals surface area contributed by atoms with Crippen LogP contribution >= 0.6 is 0 Å². The van der Waals surface area contributed by atoms with Gasteiger partial charge in [-0.15, -0.1) is 0 Å². The highest BCUT2D eigenvalue weighted by atomic mass is 16.5. The van der Waals surface area contributed by atoms with Crippen molar-refractivity contribution >= 4 is 11.6 Å². The fraction of sp³-hybridized carbons (Fsp3) is 0.235. The van der Waals surface area contributed by atoms with Crippen LogP contribution in [-0.4, -0.2) is 19.1 Å². The van der Waals surface area contributed by atoms with Gasteiger partial charge in [-0.05, 0) is 29.7 Å². The Morgan fingerprint density at radius 1 is 1.19 bits per heavy atom. The summed E-state index contributed by atoms with van der Waals surface area (Å²) < 4.78 is 5.77. The Morgan fingerprint density at radius 2 is 1.95 bits per heavy atom. The predicted octanol–water partition coefficient (Wildman–Crippen LogP) is 2.31. The summed E-state index contributed by atoms with van der Waals surface area (Å²) in [4.78, 5) is 12.2. The van der Waals surface area contributed by atoms with Gasteiger partial charge in [0, 0.05) is 12.2 Å². The van der Waals surface area contributed by atoms with E-state index in [1.165, 1.54) is 5.56 Å². The Bertz CT molecular complexity index is 655. The molecule has 0 saturated carbocycles. The molecule has 0 spiro atoms. The number of ether oxygens (including phenoxy) is 1. The van der Waals surface area contributed by atoms with Crippen LogP contribution in [0.15, 0.2) is 48.5 Å². The van der Waals surface area contributed by atoms with Gasteiger partial charge in [0.1, 0.15) is 6.10 Å². The summed E-state index contributed by atoms with van der Waals surface area (Å²) in [6, 6.07) is 15.3. The van der Waals surface area contributed by atoms with Crippen LogP contribution < -0.4 is 11.1 Å². The molecule has 0 aromatic heterocycles. The molecule has 0 fully saturated rings. The molecule has 21 heavy (non-hydrogen) atoms. The van der Waals surface area contributed by atoms with Crippen LogP contribution in [0.3, 0.4) is 0 Å². The number of nitrogen functional groups attached to an aromatic ring is 1. The van der Waals surface area contributed by atoms with Gasteiger partial charge in [0.2, 0.25) is 0 Å². The Morgan fingerprint density at radius 3 is 2.81 bits per heavy atom. The minimum absolute atomic E-state index is 0.0937. The molecule has 0 aliphatic carbocycles. The van der Waals surface area contributed by atoms with E-state index < -0.39 is 0 Å². The minimum atomic E-state index is -0.167. The summed E-state index contributed by atoms with van der Waals surface area (Å²) in [6.07, 6.45) is 0.829. The first-order valence-corrected chi connectivity index (χ1v) is 7.08. The number of amides is 1. The van der Waals surface area contributed by atoms with E-state index in [2.05, 4.69) is 17.4 Å². The average molecular weight is 282 g/mol. The number of benzene rings is 2. The Balaban J connectivity index is 1.69. The molecule has 1 heterocycles. The van der Waals surface area contributed by atoms with E-state index in [1.54, 1.807) is 18.2 Å². The Hall–Kier alpha value is -2.33. The molecule has 1 amide bonds. The van der Waals surface area contributed by atoms with Gasteiger partial charge in [-0.1, -0.05) is 36.4 Å². The van der Waals surface area contributed by atoms with E-state index >= 15 is 0 Å². The van der Waals surface area contributed by atoms with Gasteiger partial charge in [0.25, 0.3) is 5.91 Å². The van der Waals surface area contributed by atoms with E-state index in [-0.39, 0.29) is 12.0 Å². The first-order chi connectivity index (χ1) is 10.3. The van der Waals surface area contributed by atoms with Crippen LogP contribution in [0.1, 0.15) is 27.6 Å². The SMILES string of the molecule is Nc1ccccc1C(=O)NCC1OCCc2ccccc21. The molecule has 0 bridgehead atoms. The van der Waals surface area contributed by atoms with E-state index in [0.717, 1.165) is 12.0 Å². The second kappa shape index (κ2) is 5.97. The second-order valence-corrected chi connectivity index (χ2v) is 5.11. The van der Waals surface area contributed by atoms with Gasteiger partial charge in [0.05, 0.1) is 12.2 Å². The van der Waals surface area contributed by atoms with Crippen molar-refractivity contribution in [3.63, 3.8) is 0 Å². The number of nitrogens with two attached hydrogens (primary N) is 1. The number of fused-ring (bicyclic) bond motifs is 1. The van der Waals surface area contributed by atoms with Crippen molar-refractivity contribution in [2.24, 2.45) is 0 Å². The zero-order valence-corrected chi connectivity index (χ0v) is 11.7. The predicted molar refractivity (Wildman–Crippen MR) is 82.0 cm³/mol. The zero-order valence-electron chi connectivity index (χ0n) is 11.7. The fourth-order valence-corrected chi connectivity index (χ4v) is 2.63. The standard InChI is InChI=1S/C17H18N2O2/c18-15-8-4-3-7-14(15)17(20)19-11-16-13-6-2-1-5-12(13)9-10-21-16/h1-8,16H,9-11,18H2,(H,19,20). The highest BCUT2D eigenvalue weighted by Crippen LogP contribution is 2.26. The molecule has 2 aromatic carbocycles. The van der Waals surface area contributed by atoms with E-state index in [0.29, 0.717) is 24.4 Å². The third-order valence-corrected chi connectivity index (χ3v) is 3.75. The van der Waals surface area contributed by atoms with Gasteiger partial charge in [-0.25, -0.2) is 0 Å². The number of carbonyl (C=O) groups excluding carboxylic acids is 1. The first-order valence-electron chi connectivity index (χ1n) is 7.08. The monoisotopic (exact) mass is 282 g/mol. The molecule has 4 heteroatoms. The summed E-state index contributed by atoms with van der Waals surface area (Å²) in [5.41, 5.74) is 9.25. The van der Waals surface area contributed by atoms with E-state index in [1.807, 2.05) is 18.2 Å². The molecule has 1 aliphatic rings. The zero-order chi connectivity index (χ0) is 14.7. The smallest absolute Gasteiger partial charge is 0.253 e. The van der Waals surface area contributed by atoms with Crippen LogP contribution in [0.25, 0.3) is 0 Å². The lowest BCUT2D eigenvalue weighted by molar-refractivity contribution is 0.0411. The molecule has 0 radical (unpaired) electrons. The lowest BCUT2D eigenvalue weighted by Crippen LogP contribution is -2.32. The van der Waals surface area contributed by atoms with Crippen LogP contribution in [0, 0.1) is 0 Å². The number of hydrogen-bond donors (Lipinski definition) is 2. The number of nitrogens with one attached hydrogen (secondary N) is 1. The van der Waals surface area contributed by atoms with Crippen molar-refractivity contribution in [2.75, 3.05) is 18.9 Å². The summed E-state index contributed by atoms with van der Waals surface area (Å²) in [5, 5.41) is 2.91. The van der Waals surface area contributed by atoms with Crippen LogP contribution in [0.5, 0.6) is 0 Å². The summed E-state index contributed by atoms with van der Waals surface area (Å²) in [6.45, 7) is 1.13. The van der Waals surface area contributed by atoms with Crippen molar-refractivity contribution in [1.82, 2.24) is 5.32 Å². The largest absolute Gasteiger partial charge is 0.398 e. The van der Waals surface area contributed by atoms with Crippen LogP contribution in [-0.2, 0) is 11.2 Å². The van der Waals surface area contributed by atoms with Crippen LogP contribution in [0.2, 0.25) is 0 Å². The molecule has 2 aromatic rings. The number of hydrogen-bond acceptors (Lipinski definition) is 3. The molecule has 1 atom stereocenters. The maximum absolute atomic E-state index is 12.2. The van der Waals surface area contributed by atoms with Gasteiger partial charge in [-0.2, -0.15) is 0 Å². The minimum Gasteiger partial charge on any atom is -0.398 e. The highest BCUT2D eigenvalue weighted by molar-refractivity contribution is 5.99. The molecule has 0 saturated heterocycles. The number of para-hydroxylation sites is 1. The van der Waals surface area contributed by atoms with Crippen molar-refractivity contribution in [3.05, 3.63) is 65.2 Å². The molecule has 1 unspecified atom stereocenters. The molecular formula is C17H18N2O2. The molecule has 4 nitrogen and oxygen atoms in total. The summed E-state index contributed by atoms with van der Waals surface area (Å²) in [5.74, 6) is -0.167. The maximum atomic E-state index is 12.2. The third-order valence-electron chi connectivity index (χ3n) is 3.75. The van der Waals surface area contributed by atoms with Gasteiger partial charge < -0.3 is 15.8 Å². The van der Waals surface area contributed by atoms with Crippen molar-refractivity contribution in [2.45, 2.75) is 12.5 Å².